The van der Waals surface area contributed by atoms with Crippen LogP contribution in [0, 0.1) is 0 Å². The zero-order valence-corrected chi connectivity index (χ0v) is 11.2. The molecular weight excluding hydrogens is 230 g/mol. The Morgan fingerprint density at radius 2 is 1.72 bits per heavy atom. The van der Waals surface area contributed by atoms with E-state index >= 15 is 0 Å². The number of hydrogen-bond donors (Lipinski definition) is 1. The van der Waals surface area contributed by atoms with Gasteiger partial charge in [0.2, 0.25) is 0 Å². The normalized spacial score (nSPS) is 10.2. The van der Waals surface area contributed by atoms with Gasteiger partial charge < -0.3 is 14.8 Å². The number of ether oxygens (including phenoxy) is 2. The highest BCUT2D eigenvalue weighted by atomic mass is 16.5. The molecule has 0 saturated heterocycles. The van der Waals surface area contributed by atoms with E-state index in [-0.39, 0.29) is 18.6 Å². The van der Waals surface area contributed by atoms with E-state index in [1.54, 1.807) is 12.1 Å². The van der Waals surface area contributed by atoms with E-state index < -0.39 is 0 Å². The van der Waals surface area contributed by atoms with Gasteiger partial charge >= 0.3 is 0 Å². The van der Waals surface area contributed by atoms with Crippen molar-refractivity contribution in [2.45, 2.75) is 33.2 Å². The molecule has 0 spiro atoms. The maximum Gasteiger partial charge on any atom is 0.258 e. The lowest BCUT2D eigenvalue weighted by atomic mass is 10.3. The average molecular weight is 251 g/mol. The van der Waals surface area contributed by atoms with Crippen LogP contribution in [-0.4, -0.2) is 25.2 Å². The smallest absolute Gasteiger partial charge is 0.258 e. The molecule has 4 heteroatoms. The van der Waals surface area contributed by atoms with E-state index in [1.807, 2.05) is 26.0 Å². The van der Waals surface area contributed by atoms with E-state index in [0.717, 1.165) is 12.2 Å². The minimum atomic E-state index is -0.115. The molecule has 0 atom stereocenters. The van der Waals surface area contributed by atoms with Gasteiger partial charge in [-0.3, -0.25) is 4.79 Å². The predicted molar refractivity (Wildman–Crippen MR) is 71.0 cm³/mol. The zero-order chi connectivity index (χ0) is 13.4. The minimum absolute atomic E-state index is 0.0351. The van der Waals surface area contributed by atoms with Crippen molar-refractivity contribution in [3.8, 4) is 11.5 Å². The molecule has 1 aromatic rings. The first-order valence-corrected chi connectivity index (χ1v) is 6.27. The fourth-order valence-electron chi connectivity index (χ4n) is 1.36. The Bertz CT molecular complexity index is 360. The van der Waals surface area contributed by atoms with Crippen molar-refractivity contribution in [2.75, 3.05) is 13.2 Å². The van der Waals surface area contributed by atoms with Crippen LogP contribution >= 0.6 is 0 Å². The molecule has 100 valence electrons. The van der Waals surface area contributed by atoms with Gasteiger partial charge in [-0.1, -0.05) is 6.92 Å². The van der Waals surface area contributed by atoms with Crippen LogP contribution in [-0.2, 0) is 4.79 Å². The van der Waals surface area contributed by atoms with Crippen LogP contribution in [0.5, 0.6) is 11.5 Å². The molecule has 0 aliphatic rings. The van der Waals surface area contributed by atoms with Crippen LogP contribution in [0.3, 0.4) is 0 Å². The maximum atomic E-state index is 11.4. The third-order valence-corrected chi connectivity index (χ3v) is 2.12. The van der Waals surface area contributed by atoms with Crippen molar-refractivity contribution in [1.82, 2.24) is 5.32 Å². The molecule has 0 aliphatic carbocycles. The molecule has 0 saturated carbocycles. The number of carbonyl (C=O) groups is 1. The molecule has 0 heterocycles. The summed E-state index contributed by atoms with van der Waals surface area (Å²) in [6.45, 7) is 6.63. The number of benzene rings is 1. The molecule has 0 radical (unpaired) electrons. The highest BCUT2D eigenvalue weighted by Gasteiger charge is 2.04. The number of hydrogen-bond acceptors (Lipinski definition) is 3. The lowest BCUT2D eigenvalue weighted by Gasteiger charge is -2.10. The maximum absolute atomic E-state index is 11.4. The van der Waals surface area contributed by atoms with Gasteiger partial charge in [-0.25, -0.2) is 0 Å². The number of amides is 1. The van der Waals surface area contributed by atoms with Crippen LogP contribution < -0.4 is 14.8 Å². The Kier molecular flexibility index (Phi) is 6.05. The third kappa shape index (κ3) is 5.57. The lowest BCUT2D eigenvalue weighted by molar-refractivity contribution is -0.123. The zero-order valence-electron chi connectivity index (χ0n) is 11.2. The third-order valence-electron chi connectivity index (χ3n) is 2.12. The van der Waals surface area contributed by atoms with Crippen molar-refractivity contribution in [2.24, 2.45) is 0 Å². The summed E-state index contributed by atoms with van der Waals surface area (Å²) in [6.07, 6.45) is 0.980. The van der Waals surface area contributed by atoms with Crippen LogP contribution in [0.2, 0.25) is 0 Å². The molecule has 0 fully saturated rings. The minimum Gasteiger partial charge on any atom is -0.494 e. The van der Waals surface area contributed by atoms with E-state index in [1.165, 1.54) is 0 Å². The quantitative estimate of drug-likeness (QED) is 0.809. The highest BCUT2D eigenvalue weighted by Crippen LogP contribution is 2.17. The Hall–Kier alpha value is -1.71. The summed E-state index contributed by atoms with van der Waals surface area (Å²) in [6, 6.07) is 7.41. The first-order valence-electron chi connectivity index (χ1n) is 6.27. The summed E-state index contributed by atoms with van der Waals surface area (Å²) in [5, 5.41) is 2.76. The largest absolute Gasteiger partial charge is 0.494 e. The standard InChI is InChI=1S/C14H21NO3/c1-4-9-17-12-5-7-13(8-6-12)18-10-14(16)15-11(2)3/h5-8,11H,4,9-10H2,1-3H3,(H,15,16). The highest BCUT2D eigenvalue weighted by molar-refractivity contribution is 5.77. The monoisotopic (exact) mass is 251 g/mol. The van der Waals surface area contributed by atoms with Gasteiger partial charge in [0.1, 0.15) is 11.5 Å². The van der Waals surface area contributed by atoms with Crippen molar-refractivity contribution in [3.63, 3.8) is 0 Å². The summed E-state index contributed by atoms with van der Waals surface area (Å²) in [4.78, 5) is 11.4. The second-order valence-electron chi connectivity index (χ2n) is 4.33. The Morgan fingerprint density at radius 1 is 1.17 bits per heavy atom. The van der Waals surface area contributed by atoms with Crippen LogP contribution in [0.1, 0.15) is 27.2 Å². The molecule has 0 aliphatic heterocycles. The number of carbonyl (C=O) groups excluding carboxylic acids is 1. The second-order valence-corrected chi connectivity index (χ2v) is 4.33. The lowest BCUT2D eigenvalue weighted by Crippen LogP contribution is -2.34. The summed E-state index contributed by atoms with van der Waals surface area (Å²) in [7, 11) is 0. The molecule has 1 N–H and O–H groups in total. The molecule has 0 bridgehead atoms. The molecule has 18 heavy (non-hydrogen) atoms. The van der Waals surface area contributed by atoms with Crippen LogP contribution in [0.4, 0.5) is 0 Å². The molecule has 1 amide bonds. The van der Waals surface area contributed by atoms with Crippen molar-refractivity contribution < 1.29 is 14.3 Å². The Labute approximate surface area is 108 Å². The average Bonchev–Trinajstić information content (AvgIpc) is 2.34. The van der Waals surface area contributed by atoms with Crippen LogP contribution in [0.25, 0.3) is 0 Å². The second kappa shape index (κ2) is 7.58. The van der Waals surface area contributed by atoms with E-state index in [0.29, 0.717) is 12.4 Å². The SMILES string of the molecule is CCCOc1ccc(OCC(=O)NC(C)C)cc1. The summed E-state index contributed by atoms with van der Waals surface area (Å²) in [5.74, 6) is 1.37. The first-order chi connectivity index (χ1) is 8.61. The molecule has 4 nitrogen and oxygen atoms in total. The van der Waals surface area contributed by atoms with Crippen molar-refractivity contribution in [1.29, 1.82) is 0 Å². The van der Waals surface area contributed by atoms with Gasteiger partial charge in [-0.15, -0.1) is 0 Å². The van der Waals surface area contributed by atoms with Gasteiger partial charge in [0.25, 0.3) is 5.91 Å². The van der Waals surface area contributed by atoms with Gasteiger partial charge in [0.05, 0.1) is 6.61 Å². The summed E-state index contributed by atoms with van der Waals surface area (Å²) in [5.41, 5.74) is 0. The van der Waals surface area contributed by atoms with Gasteiger partial charge in [0.15, 0.2) is 6.61 Å². The van der Waals surface area contributed by atoms with Gasteiger partial charge in [-0.2, -0.15) is 0 Å². The molecular formula is C14H21NO3. The fourth-order valence-corrected chi connectivity index (χ4v) is 1.36. The predicted octanol–water partition coefficient (Wildman–Crippen LogP) is 2.38. The number of nitrogens with one attached hydrogen (secondary N) is 1. The molecule has 1 aromatic carbocycles. The molecule has 1 rings (SSSR count). The van der Waals surface area contributed by atoms with Gasteiger partial charge in [0, 0.05) is 6.04 Å². The first kappa shape index (κ1) is 14.4. The summed E-state index contributed by atoms with van der Waals surface area (Å²) < 4.78 is 10.8. The van der Waals surface area contributed by atoms with Crippen LogP contribution in [0.15, 0.2) is 24.3 Å². The molecule has 0 unspecified atom stereocenters. The van der Waals surface area contributed by atoms with E-state index in [4.69, 9.17) is 9.47 Å². The van der Waals surface area contributed by atoms with E-state index in [9.17, 15) is 4.79 Å². The Balaban J connectivity index is 2.37. The van der Waals surface area contributed by atoms with Crippen molar-refractivity contribution >= 4 is 5.91 Å². The fraction of sp³-hybridized carbons (Fsp3) is 0.500. The number of rotatable bonds is 7. The topological polar surface area (TPSA) is 47.6 Å². The summed E-state index contributed by atoms with van der Waals surface area (Å²) >= 11 is 0. The Morgan fingerprint density at radius 3 is 2.22 bits per heavy atom. The molecule has 0 aromatic heterocycles. The van der Waals surface area contributed by atoms with Gasteiger partial charge in [-0.05, 0) is 44.5 Å². The van der Waals surface area contributed by atoms with E-state index in [2.05, 4.69) is 12.2 Å². The van der Waals surface area contributed by atoms with Crippen molar-refractivity contribution in [3.05, 3.63) is 24.3 Å².